The van der Waals surface area contributed by atoms with Crippen LogP contribution in [0.25, 0.3) is 0 Å². The minimum atomic E-state index is -4.96. The molecule has 0 aliphatic heterocycles. The van der Waals surface area contributed by atoms with Crippen LogP contribution < -0.4 is 15.4 Å². The van der Waals surface area contributed by atoms with E-state index >= 15 is 0 Å². The summed E-state index contributed by atoms with van der Waals surface area (Å²) < 4.78 is 45.1. The SMILES string of the molecule is COc1ccc(N[C@@H]([C@H](Cc2ccccc2Br)NC(=O)C(F)(F)F)C(C)(C)C)cc1. The third kappa shape index (κ3) is 6.65. The summed E-state index contributed by atoms with van der Waals surface area (Å²) in [6.45, 7) is 5.75. The van der Waals surface area contributed by atoms with Crippen molar-refractivity contribution in [3.05, 3.63) is 58.6 Å². The molecule has 2 aromatic rings. The van der Waals surface area contributed by atoms with Gasteiger partial charge in [0.2, 0.25) is 0 Å². The van der Waals surface area contributed by atoms with E-state index in [1.54, 1.807) is 31.4 Å². The Morgan fingerprint density at radius 3 is 2.17 bits per heavy atom. The lowest BCUT2D eigenvalue weighted by molar-refractivity contribution is -0.174. The van der Waals surface area contributed by atoms with Gasteiger partial charge in [0.25, 0.3) is 0 Å². The molecule has 1 amide bonds. The molecule has 8 heteroatoms. The maximum atomic E-state index is 13.0. The van der Waals surface area contributed by atoms with Crippen LogP contribution in [0.2, 0.25) is 0 Å². The Morgan fingerprint density at radius 2 is 1.67 bits per heavy atom. The van der Waals surface area contributed by atoms with Crippen molar-refractivity contribution in [3.63, 3.8) is 0 Å². The fraction of sp³-hybridized carbons (Fsp3) is 0.409. The third-order valence-corrected chi connectivity index (χ3v) is 5.49. The molecular formula is C22H26BrF3N2O2. The summed E-state index contributed by atoms with van der Waals surface area (Å²) in [7, 11) is 1.56. The lowest BCUT2D eigenvalue weighted by Gasteiger charge is -2.39. The molecule has 0 aliphatic rings. The molecule has 0 saturated heterocycles. The number of hydrogen-bond donors (Lipinski definition) is 2. The highest BCUT2D eigenvalue weighted by atomic mass is 79.9. The molecule has 0 bridgehead atoms. The van der Waals surface area contributed by atoms with Gasteiger partial charge >= 0.3 is 12.1 Å². The number of carbonyl (C=O) groups excluding carboxylic acids is 1. The number of halogens is 4. The summed E-state index contributed by atoms with van der Waals surface area (Å²) in [4.78, 5) is 11.8. The van der Waals surface area contributed by atoms with Gasteiger partial charge in [-0.15, -0.1) is 0 Å². The van der Waals surface area contributed by atoms with Gasteiger partial charge in [0.15, 0.2) is 0 Å². The first-order valence-corrected chi connectivity index (χ1v) is 10.2. The average molecular weight is 487 g/mol. The smallest absolute Gasteiger partial charge is 0.471 e. The highest BCUT2D eigenvalue weighted by Crippen LogP contribution is 2.30. The molecule has 0 aromatic heterocycles. The summed E-state index contributed by atoms with van der Waals surface area (Å²) in [6.07, 6.45) is -4.75. The zero-order chi connectivity index (χ0) is 22.5. The Labute approximate surface area is 183 Å². The monoisotopic (exact) mass is 486 g/mol. The van der Waals surface area contributed by atoms with Crippen LogP contribution in [0.3, 0.4) is 0 Å². The van der Waals surface area contributed by atoms with Crippen LogP contribution in [0.1, 0.15) is 26.3 Å². The second-order valence-electron chi connectivity index (χ2n) is 8.09. The molecule has 0 fully saturated rings. The Bertz CT molecular complexity index is 849. The zero-order valence-electron chi connectivity index (χ0n) is 17.3. The molecule has 0 radical (unpaired) electrons. The molecule has 2 rings (SSSR count). The van der Waals surface area contributed by atoms with Crippen molar-refractivity contribution in [2.45, 2.75) is 45.5 Å². The van der Waals surface area contributed by atoms with Crippen molar-refractivity contribution in [2.75, 3.05) is 12.4 Å². The second kappa shape index (κ2) is 9.73. The molecule has 0 unspecified atom stereocenters. The molecule has 0 aliphatic carbocycles. The number of amides is 1. The van der Waals surface area contributed by atoms with Gasteiger partial charge in [-0.25, -0.2) is 0 Å². The summed E-state index contributed by atoms with van der Waals surface area (Å²) in [5.41, 5.74) is 1.05. The van der Waals surface area contributed by atoms with E-state index in [4.69, 9.17) is 4.74 Å². The predicted molar refractivity (Wildman–Crippen MR) is 116 cm³/mol. The number of benzene rings is 2. The predicted octanol–water partition coefficient (Wildman–Crippen LogP) is 5.57. The van der Waals surface area contributed by atoms with Crippen molar-refractivity contribution < 1.29 is 22.7 Å². The normalized spacial score (nSPS) is 14.0. The van der Waals surface area contributed by atoms with E-state index in [-0.39, 0.29) is 6.42 Å². The number of hydrogen-bond acceptors (Lipinski definition) is 3. The van der Waals surface area contributed by atoms with Gasteiger partial charge in [0.05, 0.1) is 19.2 Å². The van der Waals surface area contributed by atoms with Crippen LogP contribution in [-0.2, 0) is 11.2 Å². The third-order valence-electron chi connectivity index (χ3n) is 4.72. The van der Waals surface area contributed by atoms with Gasteiger partial charge < -0.3 is 15.4 Å². The van der Waals surface area contributed by atoms with Crippen molar-refractivity contribution in [3.8, 4) is 5.75 Å². The summed E-state index contributed by atoms with van der Waals surface area (Å²) in [6, 6.07) is 13.1. The summed E-state index contributed by atoms with van der Waals surface area (Å²) in [5.74, 6) is -1.28. The number of anilines is 1. The van der Waals surface area contributed by atoms with Crippen molar-refractivity contribution in [1.82, 2.24) is 5.32 Å². The number of ether oxygens (including phenoxy) is 1. The zero-order valence-corrected chi connectivity index (χ0v) is 18.9. The Hall–Kier alpha value is -2.22. The van der Waals surface area contributed by atoms with Gasteiger partial charge in [-0.2, -0.15) is 13.2 Å². The van der Waals surface area contributed by atoms with Crippen molar-refractivity contribution in [1.29, 1.82) is 0 Å². The lowest BCUT2D eigenvalue weighted by Crippen LogP contribution is -2.56. The van der Waals surface area contributed by atoms with Gasteiger partial charge in [-0.1, -0.05) is 54.9 Å². The minimum Gasteiger partial charge on any atom is -0.497 e. The molecule has 164 valence electrons. The van der Waals surface area contributed by atoms with Gasteiger partial charge in [-0.3, -0.25) is 4.79 Å². The largest absolute Gasteiger partial charge is 0.497 e. The topological polar surface area (TPSA) is 50.4 Å². The molecule has 0 spiro atoms. The quantitative estimate of drug-likeness (QED) is 0.537. The molecule has 30 heavy (non-hydrogen) atoms. The number of nitrogens with one attached hydrogen (secondary N) is 2. The standard InChI is InChI=1S/C22H26BrF3N2O2/c1-21(2,3)19(27-15-9-11-16(30-4)12-10-15)18(28-20(29)22(24,25)26)13-14-7-5-6-8-17(14)23/h5-12,18-19,27H,13H2,1-4H3,(H,28,29)/t18-,19-/m0/s1. The van der Waals surface area contributed by atoms with Gasteiger partial charge in [0, 0.05) is 10.2 Å². The molecule has 2 N–H and O–H groups in total. The molecular weight excluding hydrogens is 461 g/mol. The molecule has 2 atom stereocenters. The van der Waals surface area contributed by atoms with E-state index in [2.05, 4.69) is 26.6 Å². The molecule has 2 aromatic carbocycles. The Morgan fingerprint density at radius 1 is 1.07 bits per heavy atom. The van der Waals surface area contributed by atoms with Crippen LogP contribution in [0.4, 0.5) is 18.9 Å². The van der Waals surface area contributed by atoms with Gasteiger partial charge in [0.1, 0.15) is 5.75 Å². The summed E-state index contributed by atoms with van der Waals surface area (Å²) in [5, 5.41) is 5.52. The van der Waals surface area contributed by atoms with Crippen LogP contribution >= 0.6 is 15.9 Å². The van der Waals surface area contributed by atoms with E-state index < -0.39 is 29.6 Å². The van der Waals surface area contributed by atoms with E-state index in [1.165, 1.54) is 0 Å². The maximum absolute atomic E-state index is 13.0. The number of carbonyl (C=O) groups is 1. The molecule has 0 saturated carbocycles. The highest BCUT2D eigenvalue weighted by molar-refractivity contribution is 9.10. The molecule has 4 nitrogen and oxygen atoms in total. The molecule has 0 heterocycles. The van der Waals surface area contributed by atoms with Crippen LogP contribution in [0.5, 0.6) is 5.75 Å². The van der Waals surface area contributed by atoms with E-state index in [0.29, 0.717) is 11.4 Å². The van der Waals surface area contributed by atoms with Crippen LogP contribution in [0.15, 0.2) is 53.0 Å². The Balaban J connectivity index is 2.39. The number of alkyl halides is 3. The second-order valence-corrected chi connectivity index (χ2v) is 8.94. The first-order chi connectivity index (χ1) is 13.9. The van der Waals surface area contributed by atoms with E-state index in [1.807, 2.05) is 45.0 Å². The number of rotatable bonds is 7. The van der Waals surface area contributed by atoms with E-state index in [0.717, 1.165) is 10.0 Å². The van der Waals surface area contributed by atoms with Gasteiger partial charge in [-0.05, 0) is 47.7 Å². The first-order valence-electron chi connectivity index (χ1n) is 9.43. The van der Waals surface area contributed by atoms with Crippen molar-refractivity contribution in [2.24, 2.45) is 5.41 Å². The first kappa shape index (κ1) is 24.1. The maximum Gasteiger partial charge on any atom is 0.471 e. The minimum absolute atomic E-state index is 0.217. The average Bonchev–Trinajstić information content (AvgIpc) is 2.66. The Kier molecular flexibility index (Phi) is 7.80. The van der Waals surface area contributed by atoms with Crippen molar-refractivity contribution >= 4 is 27.5 Å². The fourth-order valence-corrected chi connectivity index (χ4v) is 3.64. The summed E-state index contributed by atoms with van der Waals surface area (Å²) >= 11 is 3.44. The van der Waals surface area contributed by atoms with Crippen LogP contribution in [0, 0.1) is 5.41 Å². The highest BCUT2D eigenvalue weighted by Gasteiger charge is 2.42. The van der Waals surface area contributed by atoms with E-state index in [9.17, 15) is 18.0 Å². The fourth-order valence-electron chi connectivity index (χ4n) is 3.19. The number of methoxy groups -OCH3 is 1. The lowest BCUT2D eigenvalue weighted by atomic mass is 9.80. The van der Waals surface area contributed by atoms with Crippen LogP contribution in [-0.4, -0.2) is 31.3 Å².